The topological polar surface area (TPSA) is 87.4 Å². The van der Waals surface area contributed by atoms with E-state index in [1.165, 1.54) is 0 Å². The standard InChI is InChI=1S/C15H25N3O3/c1-10-14(11(2)21-18-10)7-8-16-15(20)17-13-5-3-12(9-19)4-6-13/h12-13,19H,3-9H2,1-2H3,(H2,16,17,20). The maximum absolute atomic E-state index is 11.9. The molecule has 3 N–H and O–H groups in total. The first kappa shape index (κ1) is 15.8. The highest BCUT2D eigenvalue weighted by Gasteiger charge is 2.21. The molecule has 0 saturated heterocycles. The van der Waals surface area contributed by atoms with Crippen LogP contribution in [0.25, 0.3) is 0 Å². The fraction of sp³-hybridized carbons (Fsp3) is 0.733. The molecule has 6 nitrogen and oxygen atoms in total. The lowest BCUT2D eigenvalue weighted by Crippen LogP contribution is -2.44. The van der Waals surface area contributed by atoms with Crippen molar-refractivity contribution in [2.75, 3.05) is 13.2 Å². The van der Waals surface area contributed by atoms with E-state index >= 15 is 0 Å². The van der Waals surface area contributed by atoms with Crippen molar-refractivity contribution in [3.05, 3.63) is 17.0 Å². The van der Waals surface area contributed by atoms with Crippen LogP contribution >= 0.6 is 0 Å². The lowest BCUT2D eigenvalue weighted by Gasteiger charge is -2.27. The largest absolute Gasteiger partial charge is 0.396 e. The number of hydrogen-bond donors (Lipinski definition) is 3. The molecule has 1 aliphatic carbocycles. The second-order valence-corrected chi connectivity index (χ2v) is 5.85. The van der Waals surface area contributed by atoms with E-state index in [0.717, 1.165) is 49.1 Å². The number of aliphatic hydroxyl groups excluding tert-OH is 1. The molecule has 1 heterocycles. The number of hydrogen-bond acceptors (Lipinski definition) is 4. The van der Waals surface area contributed by atoms with Crippen molar-refractivity contribution in [2.24, 2.45) is 5.92 Å². The van der Waals surface area contributed by atoms with Gasteiger partial charge >= 0.3 is 6.03 Å². The van der Waals surface area contributed by atoms with Gasteiger partial charge in [0.25, 0.3) is 0 Å². The van der Waals surface area contributed by atoms with E-state index in [9.17, 15) is 4.79 Å². The predicted molar refractivity (Wildman–Crippen MR) is 79.0 cm³/mol. The molecule has 1 aromatic rings. The molecule has 0 radical (unpaired) electrons. The van der Waals surface area contributed by atoms with Crippen LogP contribution in [0.15, 0.2) is 4.52 Å². The highest BCUT2D eigenvalue weighted by molar-refractivity contribution is 5.74. The van der Waals surface area contributed by atoms with Gasteiger partial charge in [0.05, 0.1) is 5.69 Å². The van der Waals surface area contributed by atoms with Crippen molar-refractivity contribution in [1.29, 1.82) is 0 Å². The fourth-order valence-corrected chi connectivity index (χ4v) is 2.89. The highest BCUT2D eigenvalue weighted by Crippen LogP contribution is 2.23. The number of nitrogens with zero attached hydrogens (tertiary/aromatic N) is 1. The molecule has 0 bridgehead atoms. The normalized spacial score (nSPS) is 22.0. The van der Waals surface area contributed by atoms with Gasteiger partial charge in [-0.2, -0.15) is 0 Å². The Kier molecular flexibility index (Phi) is 5.61. The summed E-state index contributed by atoms with van der Waals surface area (Å²) in [6.45, 7) is 4.62. The molecule has 1 fully saturated rings. The van der Waals surface area contributed by atoms with E-state index in [-0.39, 0.29) is 18.7 Å². The Morgan fingerprint density at radius 1 is 1.33 bits per heavy atom. The Morgan fingerprint density at radius 3 is 2.62 bits per heavy atom. The maximum Gasteiger partial charge on any atom is 0.315 e. The summed E-state index contributed by atoms with van der Waals surface area (Å²) < 4.78 is 5.10. The molecule has 1 saturated carbocycles. The highest BCUT2D eigenvalue weighted by atomic mass is 16.5. The number of amides is 2. The number of carbonyl (C=O) groups excluding carboxylic acids is 1. The summed E-state index contributed by atoms with van der Waals surface area (Å²) in [5.74, 6) is 1.22. The van der Waals surface area contributed by atoms with Gasteiger partial charge in [-0.05, 0) is 51.9 Å². The van der Waals surface area contributed by atoms with Crippen molar-refractivity contribution in [1.82, 2.24) is 15.8 Å². The first-order chi connectivity index (χ1) is 10.1. The Morgan fingerprint density at radius 2 is 2.05 bits per heavy atom. The molecular weight excluding hydrogens is 270 g/mol. The third-order valence-electron chi connectivity index (χ3n) is 4.28. The minimum absolute atomic E-state index is 0.116. The predicted octanol–water partition coefficient (Wildman–Crippen LogP) is 1.68. The number of rotatable bonds is 5. The van der Waals surface area contributed by atoms with E-state index in [2.05, 4.69) is 15.8 Å². The zero-order valence-corrected chi connectivity index (χ0v) is 12.8. The second-order valence-electron chi connectivity index (χ2n) is 5.85. The fourth-order valence-electron chi connectivity index (χ4n) is 2.89. The quantitative estimate of drug-likeness (QED) is 0.771. The van der Waals surface area contributed by atoms with Crippen LogP contribution in [0.5, 0.6) is 0 Å². The minimum Gasteiger partial charge on any atom is -0.396 e. The molecule has 0 atom stereocenters. The molecule has 0 aromatic carbocycles. The lowest BCUT2D eigenvalue weighted by atomic mass is 9.87. The first-order valence-corrected chi connectivity index (χ1v) is 7.67. The second kappa shape index (κ2) is 7.45. The number of carbonyl (C=O) groups is 1. The van der Waals surface area contributed by atoms with E-state index < -0.39 is 0 Å². The van der Waals surface area contributed by atoms with Crippen molar-refractivity contribution < 1.29 is 14.4 Å². The van der Waals surface area contributed by atoms with Gasteiger partial charge in [-0.1, -0.05) is 5.16 Å². The molecule has 0 unspecified atom stereocenters. The molecule has 6 heteroatoms. The Labute approximate surface area is 125 Å². The SMILES string of the molecule is Cc1noc(C)c1CCNC(=O)NC1CCC(CO)CC1. The summed E-state index contributed by atoms with van der Waals surface area (Å²) in [7, 11) is 0. The number of aromatic nitrogens is 1. The maximum atomic E-state index is 11.9. The first-order valence-electron chi connectivity index (χ1n) is 7.67. The van der Waals surface area contributed by atoms with Gasteiger partial charge in [0.1, 0.15) is 5.76 Å². The van der Waals surface area contributed by atoms with Gasteiger partial charge in [0.15, 0.2) is 0 Å². The summed E-state index contributed by atoms with van der Waals surface area (Å²) in [6.07, 6.45) is 4.60. The Bertz CT molecular complexity index is 445. The van der Waals surface area contributed by atoms with Crippen molar-refractivity contribution >= 4 is 6.03 Å². The van der Waals surface area contributed by atoms with Gasteiger partial charge in [0.2, 0.25) is 0 Å². The zero-order valence-electron chi connectivity index (χ0n) is 12.8. The van der Waals surface area contributed by atoms with Crippen LogP contribution in [0.3, 0.4) is 0 Å². The number of nitrogens with one attached hydrogen (secondary N) is 2. The average Bonchev–Trinajstić information content (AvgIpc) is 2.80. The molecule has 1 aliphatic rings. The smallest absolute Gasteiger partial charge is 0.315 e. The minimum atomic E-state index is -0.116. The lowest BCUT2D eigenvalue weighted by molar-refractivity contribution is 0.174. The van der Waals surface area contributed by atoms with Crippen LogP contribution in [0.4, 0.5) is 4.79 Å². The van der Waals surface area contributed by atoms with Gasteiger partial charge in [-0.15, -0.1) is 0 Å². The molecule has 118 valence electrons. The van der Waals surface area contributed by atoms with E-state index in [1.807, 2.05) is 13.8 Å². The molecule has 0 aliphatic heterocycles. The molecule has 2 rings (SSSR count). The van der Waals surface area contributed by atoms with E-state index in [1.54, 1.807) is 0 Å². The van der Waals surface area contributed by atoms with Gasteiger partial charge in [-0.25, -0.2) is 4.79 Å². The molecular formula is C15H25N3O3. The van der Waals surface area contributed by atoms with Gasteiger partial charge in [0, 0.05) is 24.8 Å². The van der Waals surface area contributed by atoms with Crippen LogP contribution in [-0.2, 0) is 6.42 Å². The summed E-state index contributed by atoms with van der Waals surface area (Å²) in [4.78, 5) is 11.9. The Hall–Kier alpha value is -1.56. The van der Waals surface area contributed by atoms with Crippen LogP contribution in [0.1, 0.15) is 42.7 Å². The number of aliphatic hydroxyl groups is 1. The third kappa shape index (κ3) is 4.46. The van der Waals surface area contributed by atoms with Crippen molar-refractivity contribution in [2.45, 2.75) is 52.0 Å². The van der Waals surface area contributed by atoms with Crippen LogP contribution < -0.4 is 10.6 Å². The summed E-state index contributed by atoms with van der Waals surface area (Å²) in [5, 5.41) is 18.9. The van der Waals surface area contributed by atoms with Crippen LogP contribution in [0.2, 0.25) is 0 Å². The number of urea groups is 1. The third-order valence-corrected chi connectivity index (χ3v) is 4.28. The van der Waals surface area contributed by atoms with Crippen molar-refractivity contribution in [3.8, 4) is 0 Å². The van der Waals surface area contributed by atoms with Gasteiger partial charge < -0.3 is 20.3 Å². The summed E-state index contributed by atoms with van der Waals surface area (Å²) >= 11 is 0. The Balaban J connectivity index is 1.66. The zero-order chi connectivity index (χ0) is 15.2. The van der Waals surface area contributed by atoms with Crippen LogP contribution in [0, 0.1) is 19.8 Å². The number of aryl methyl sites for hydroxylation is 2. The molecule has 1 aromatic heterocycles. The van der Waals surface area contributed by atoms with Gasteiger partial charge in [-0.3, -0.25) is 0 Å². The van der Waals surface area contributed by atoms with Crippen molar-refractivity contribution in [3.63, 3.8) is 0 Å². The molecule has 2 amide bonds. The average molecular weight is 295 g/mol. The summed E-state index contributed by atoms with van der Waals surface area (Å²) in [6, 6.07) is 0.112. The van der Waals surface area contributed by atoms with E-state index in [0.29, 0.717) is 12.5 Å². The van der Waals surface area contributed by atoms with E-state index in [4.69, 9.17) is 9.63 Å². The molecule has 0 spiro atoms. The molecule has 21 heavy (non-hydrogen) atoms. The summed E-state index contributed by atoms with van der Waals surface area (Å²) in [5.41, 5.74) is 1.95. The monoisotopic (exact) mass is 295 g/mol. The van der Waals surface area contributed by atoms with Crippen LogP contribution in [-0.4, -0.2) is 35.5 Å².